The quantitative estimate of drug-likeness (QED) is 0.677. The zero-order chi connectivity index (χ0) is 20.5. The van der Waals surface area contributed by atoms with Crippen molar-refractivity contribution >= 4 is 43.5 Å². The molecule has 9 nitrogen and oxygen atoms in total. The summed E-state index contributed by atoms with van der Waals surface area (Å²) >= 11 is 1.15. The van der Waals surface area contributed by atoms with Gasteiger partial charge in [0.1, 0.15) is 16.4 Å². The van der Waals surface area contributed by atoms with Crippen LogP contribution in [-0.4, -0.2) is 63.7 Å². The van der Waals surface area contributed by atoms with Gasteiger partial charge < -0.3 is 15.1 Å². The standard InChI is InChI=1S/C17H19N3O6S2/c1-7-11(13(17(23)24)20-12(7)9(4-5-21)15(20)22)10-6-19-8(2)18-14(16(19)27-10)28(3,25)26/h6-7,9,12,21H,4-5H2,1-3H3,(H,23,24)/t7-,9+,12-/m1/s1. The highest BCUT2D eigenvalue weighted by atomic mass is 32.2. The number of aliphatic hydroxyl groups excluding tert-OH is 1. The molecule has 1 saturated heterocycles. The van der Waals surface area contributed by atoms with Crippen molar-refractivity contribution in [1.29, 1.82) is 0 Å². The minimum Gasteiger partial charge on any atom is -0.477 e. The lowest BCUT2D eigenvalue weighted by molar-refractivity contribution is -0.157. The summed E-state index contributed by atoms with van der Waals surface area (Å²) in [6.07, 6.45) is 3.06. The van der Waals surface area contributed by atoms with Gasteiger partial charge in [-0.05, 0) is 13.3 Å². The van der Waals surface area contributed by atoms with Gasteiger partial charge >= 0.3 is 5.97 Å². The van der Waals surface area contributed by atoms with Crippen molar-refractivity contribution in [2.75, 3.05) is 12.9 Å². The second-order valence-electron chi connectivity index (χ2n) is 7.18. The van der Waals surface area contributed by atoms with E-state index in [0.29, 0.717) is 21.1 Å². The van der Waals surface area contributed by atoms with Crippen molar-refractivity contribution in [1.82, 2.24) is 14.3 Å². The maximum absolute atomic E-state index is 12.5. The van der Waals surface area contributed by atoms with Crippen molar-refractivity contribution in [3.05, 3.63) is 22.6 Å². The van der Waals surface area contributed by atoms with Gasteiger partial charge in [0, 0.05) is 30.6 Å². The van der Waals surface area contributed by atoms with Gasteiger partial charge in [-0.15, -0.1) is 11.3 Å². The zero-order valence-electron chi connectivity index (χ0n) is 15.4. The molecule has 4 rings (SSSR count). The molecule has 0 aromatic carbocycles. The van der Waals surface area contributed by atoms with Crippen molar-refractivity contribution in [2.45, 2.75) is 31.3 Å². The van der Waals surface area contributed by atoms with Crippen LogP contribution in [0, 0.1) is 18.8 Å². The summed E-state index contributed by atoms with van der Waals surface area (Å²) in [4.78, 5) is 30.9. The fraction of sp³-hybridized carbons (Fsp3) is 0.471. The minimum atomic E-state index is -3.54. The van der Waals surface area contributed by atoms with Crippen LogP contribution in [0.4, 0.5) is 0 Å². The summed E-state index contributed by atoms with van der Waals surface area (Å²) in [6, 6.07) is -0.309. The third kappa shape index (κ3) is 2.46. The molecule has 2 aromatic heterocycles. The Morgan fingerprint density at radius 1 is 1.39 bits per heavy atom. The molecular weight excluding hydrogens is 406 g/mol. The van der Waals surface area contributed by atoms with Crippen LogP contribution in [0.3, 0.4) is 0 Å². The first-order valence-corrected chi connectivity index (χ1v) is 11.4. The number of nitrogens with zero attached hydrogens (tertiary/aromatic N) is 3. The monoisotopic (exact) mass is 425 g/mol. The van der Waals surface area contributed by atoms with Crippen LogP contribution in [0.25, 0.3) is 10.4 Å². The molecule has 150 valence electrons. The molecular formula is C17H19N3O6S2. The maximum Gasteiger partial charge on any atom is 0.352 e. The molecule has 0 bridgehead atoms. The largest absolute Gasteiger partial charge is 0.477 e. The number of aliphatic carboxylic acids is 1. The number of sulfone groups is 1. The molecule has 0 saturated carbocycles. The maximum atomic E-state index is 12.5. The number of imidazole rings is 1. The van der Waals surface area contributed by atoms with E-state index in [1.54, 1.807) is 17.5 Å². The van der Waals surface area contributed by atoms with Crippen LogP contribution in [-0.2, 0) is 19.4 Å². The molecule has 4 heterocycles. The average Bonchev–Trinajstić information content (AvgIpc) is 3.22. The van der Waals surface area contributed by atoms with E-state index >= 15 is 0 Å². The van der Waals surface area contributed by atoms with Gasteiger partial charge in [-0.2, -0.15) is 0 Å². The molecule has 1 amide bonds. The van der Waals surface area contributed by atoms with E-state index < -0.39 is 21.7 Å². The topological polar surface area (TPSA) is 129 Å². The van der Waals surface area contributed by atoms with E-state index in [1.165, 1.54) is 4.90 Å². The lowest BCUT2D eigenvalue weighted by Gasteiger charge is -2.45. The van der Waals surface area contributed by atoms with Gasteiger partial charge in [-0.1, -0.05) is 6.92 Å². The lowest BCUT2D eigenvalue weighted by atomic mass is 9.79. The predicted molar refractivity (Wildman–Crippen MR) is 100 cm³/mol. The van der Waals surface area contributed by atoms with E-state index in [0.717, 1.165) is 17.6 Å². The number of carbonyl (C=O) groups is 2. The fourth-order valence-electron chi connectivity index (χ4n) is 4.27. The third-order valence-electron chi connectivity index (χ3n) is 5.45. The number of β-lactam (4-membered cyclic amide) rings is 1. The average molecular weight is 425 g/mol. The molecule has 0 unspecified atom stereocenters. The number of amides is 1. The van der Waals surface area contributed by atoms with Gasteiger partial charge in [0.05, 0.1) is 16.8 Å². The van der Waals surface area contributed by atoms with E-state index in [1.807, 2.05) is 6.92 Å². The van der Waals surface area contributed by atoms with Gasteiger partial charge in [0.15, 0.2) is 14.9 Å². The normalized spacial score (nSPS) is 24.8. The molecule has 11 heteroatoms. The Balaban J connectivity index is 1.89. The van der Waals surface area contributed by atoms with Crippen molar-refractivity contribution in [3.63, 3.8) is 0 Å². The summed E-state index contributed by atoms with van der Waals surface area (Å²) < 4.78 is 25.7. The van der Waals surface area contributed by atoms with E-state index in [9.17, 15) is 28.2 Å². The number of thiazole rings is 1. The van der Waals surface area contributed by atoms with Crippen LogP contribution in [0.5, 0.6) is 0 Å². The van der Waals surface area contributed by atoms with Gasteiger partial charge in [-0.3, -0.25) is 9.20 Å². The molecule has 0 radical (unpaired) electrons. The first-order valence-electron chi connectivity index (χ1n) is 8.68. The Labute approximate surface area is 164 Å². The molecule has 2 aliphatic heterocycles. The number of carboxylic acids is 1. The second kappa shape index (κ2) is 6.13. The number of fused-ring (bicyclic) bond motifs is 2. The molecule has 0 spiro atoms. The Morgan fingerprint density at radius 3 is 2.64 bits per heavy atom. The van der Waals surface area contributed by atoms with Crippen LogP contribution in [0.2, 0.25) is 0 Å². The number of aryl methyl sites for hydroxylation is 1. The summed E-state index contributed by atoms with van der Waals surface area (Å²) in [5.74, 6) is -1.67. The smallest absolute Gasteiger partial charge is 0.352 e. The summed E-state index contributed by atoms with van der Waals surface area (Å²) in [7, 11) is -3.54. The summed E-state index contributed by atoms with van der Waals surface area (Å²) in [5.41, 5.74) is 0.451. The van der Waals surface area contributed by atoms with Gasteiger partial charge in [0.2, 0.25) is 5.91 Å². The number of hydrogen-bond acceptors (Lipinski definition) is 7. The highest BCUT2D eigenvalue weighted by Gasteiger charge is 2.58. The summed E-state index contributed by atoms with van der Waals surface area (Å²) in [5, 5.41) is 19.0. The van der Waals surface area contributed by atoms with E-state index in [4.69, 9.17) is 0 Å². The fourth-order valence-corrected chi connectivity index (χ4v) is 6.73. The molecule has 28 heavy (non-hydrogen) atoms. The van der Waals surface area contributed by atoms with Crippen LogP contribution < -0.4 is 0 Å². The van der Waals surface area contributed by atoms with E-state index in [2.05, 4.69) is 4.98 Å². The Morgan fingerprint density at radius 2 is 2.07 bits per heavy atom. The lowest BCUT2D eigenvalue weighted by Crippen LogP contribution is -2.60. The highest BCUT2D eigenvalue weighted by molar-refractivity contribution is 7.91. The third-order valence-corrected chi connectivity index (χ3v) is 7.70. The van der Waals surface area contributed by atoms with Crippen LogP contribution in [0.1, 0.15) is 24.0 Å². The van der Waals surface area contributed by atoms with Gasteiger partial charge in [0.25, 0.3) is 0 Å². The number of aromatic nitrogens is 2. The Hall–Kier alpha value is -2.24. The Bertz CT molecular complexity index is 1160. The van der Waals surface area contributed by atoms with Crippen molar-refractivity contribution in [2.24, 2.45) is 11.8 Å². The minimum absolute atomic E-state index is 0.0399. The first kappa shape index (κ1) is 19.1. The molecule has 2 aliphatic rings. The number of hydrogen-bond donors (Lipinski definition) is 2. The van der Waals surface area contributed by atoms with Gasteiger partial charge in [-0.25, -0.2) is 18.2 Å². The molecule has 2 aromatic rings. The SMILES string of the molecule is Cc1nc(S(C)(=O)=O)c2sc(C3=C(C(=O)O)N4C(=O)[C@@H](CCO)[C@H]4[C@@H]3C)cn12. The number of carbonyl (C=O) groups excluding carboxylic acids is 1. The highest BCUT2D eigenvalue weighted by Crippen LogP contribution is 2.51. The molecule has 3 atom stereocenters. The van der Waals surface area contributed by atoms with Crippen molar-refractivity contribution < 1.29 is 28.2 Å². The summed E-state index contributed by atoms with van der Waals surface area (Å²) in [6.45, 7) is 3.39. The van der Waals surface area contributed by atoms with Crippen molar-refractivity contribution in [3.8, 4) is 0 Å². The predicted octanol–water partition coefficient (Wildman–Crippen LogP) is 0.763. The second-order valence-corrected chi connectivity index (χ2v) is 10.1. The van der Waals surface area contributed by atoms with Crippen LogP contribution >= 0.6 is 11.3 Å². The number of carboxylic acid groups (broad SMARTS) is 1. The van der Waals surface area contributed by atoms with E-state index in [-0.39, 0.29) is 41.6 Å². The van der Waals surface area contributed by atoms with Crippen LogP contribution in [0.15, 0.2) is 16.9 Å². The number of aliphatic hydroxyl groups is 1. The Kier molecular flexibility index (Phi) is 4.18. The molecule has 1 fully saturated rings. The first-order chi connectivity index (χ1) is 13.1. The number of rotatable bonds is 5. The molecule has 2 N–H and O–H groups in total. The molecule has 0 aliphatic carbocycles. The zero-order valence-corrected chi connectivity index (χ0v) is 17.0.